The topological polar surface area (TPSA) is 120 Å². The lowest BCUT2D eigenvalue weighted by atomic mass is 9.53. The van der Waals surface area contributed by atoms with Crippen LogP contribution in [0.5, 0.6) is 0 Å². The number of carbonyl (C=O) groups excluding carboxylic acids is 2. The molecular formula is C21H28N6O4. The number of nitrogens with one attached hydrogen (secondary N) is 2. The highest BCUT2D eigenvalue weighted by atomic mass is 16.2. The van der Waals surface area contributed by atoms with E-state index < -0.39 is 29.2 Å². The monoisotopic (exact) mass is 428 g/mol. The van der Waals surface area contributed by atoms with Crippen molar-refractivity contribution in [2.75, 3.05) is 0 Å². The van der Waals surface area contributed by atoms with Crippen LogP contribution in [0.15, 0.2) is 15.9 Å². The fraction of sp³-hybridized carbons (Fsp3) is 0.667. The molecule has 0 aliphatic heterocycles. The minimum absolute atomic E-state index is 0.147. The lowest BCUT2D eigenvalue weighted by Gasteiger charge is -2.56. The fourth-order valence-electron chi connectivity index (χ4n) is 6.54. The first kappa shape index (κ1) is 20.0. The predicted octanol–water partition coefficient (Wildman–Crippen LogP) is 0.789. The van der Waals surface area contributed by atoms with Crippen LogP contribution in [0.3, 0.4) is 0 Å². The van der Waals surface area contributed by atoms with Crippen LogP contribution in [0, 0.1) is 17.8 Å². The molecule has 2 N–H and O–H groups in total. The van der Waals surface area contributed by atoms with Gasteiger partial charge in [0.1, 0.15) is 6.04 Å². The van der Waals surface area contributed by atoms with Gasteiger partial charge in [-0.25, -0.2) is 14.6 Å². The molecule has 0 unspecified atom stereocenters. The highest BCUT2D eigenvalue weighted by Crippen LogP contribution is 2.55. The van der Waals surface area contributed by atoms with Crippen molar-refractivity contribution in [2.24, 2.45) is 31.8 Å². The second-order valence-corrected chi connectivity index (χ2v) is 9.85. The van der Waals surface area contributed by atoms with Crippen LogP contribution in [0.2, 0.25) is 0 Å². The molecule has 2 heterocycles. The Balaban J connectivity index is 1.34. The Bertz CT molecular complexity index is 1170. The van der Waals surface area contributed by atoms with Gasteiger partial charge < -0.3 is 9.88 Å². The van der Waals surface area contributed by atoms with E-state index in [1.807, 2.05) is 0 Å². The molecule has 4 saturated carbocycles. The van der Waals surface area contributed by atoms with Gasteiger partial charge in [0.05, 0.1) is 6.33 Å². The number of fused-ring (bicyclic) bond motifs is 1. The standard InChI is InChI=1S/C21H28N6O4/c1-11(27-10-22-16-15(27)18(29)26(3)20(31)25(16)2)17(28)23-19(30)24-21-7-12-4-13(8-21)6-14(5-12)9-21/h10-14H,4-9H2,1-3H3,(H2,23,24,28,30)/t11-,12?,13?,14?,21?/m1/s1. The van der Waals surface area contributed by atoms with Crippen LogP contribution >= 0.6 is 0 Å². The van der Waals surface area contributed by atoms with E-state index in [4.69, 9.17) is 0 Å². The van der Waals surface area contributed by atoms with Crippen molar-refractivity contribution in [2.45, 2.75) is 57.0 Å². The molecular weight excluding hydrogens is 400 g/mol. The number of hydrogen-bond donors (Lipinski definition) is 2. The zero-order valence-electron chi connectivity index (χ0n) is 18.1. The van der Waals surface area contributed by atoms with Gasteiger partial charge in [0, 0.05) is 19.6 Å². The fourth-order valence-corrected chi connectivity index (χ4v) is 6.54. The summed E-state index contributed by atoms with van der Waals surface area (Å²) in [5.74, 6) is 1.52. The first-order valence-corrected chi connectivity index (χ1v) is 10.9. The number of hydrogen-bond acceptors (Lipinski definition) is 5. The second kappa shape index (κ2) is 6.80. The van der Waals surface area contributed by atoms with Crippen molar-refractivity contribution in [3.8, 4) is 0 Å². The molecule has 4 fully saturated rings. The van der Waals surface area contributed by atoms with Crippen LogP contribution in [-0.4, -0.2) is 36.2 Å². The Morgan fingerprint density at radius 1 is 1.06 bits per heavy atom. The number of aromatic nitrogens is 4. The van der Waals surface area contributed by atoms with Gasteiger partial charge in [-0.15, -0.1) is 0 Å². The van der Waals surface area contributed by atoms with Crippen LogP contribution in [0.25, 0.3) is 11.2 Å². The Morgan fingerprint density at radius 3 is 2.23 bits per heavy atom. The molecule has 10 heteroatoms. The molecule has 1 atom stereocenters. The van der Waals surface area contributed by atoms with Gasteiger partial charge in [-0.3, -0.25) is 24.0 Å². The molecule has 0 aromatic carbocycles. The minimum Gasteiger partial charge on any atom is -0.332 e. The maximum absolute atomic E-state index is 12.8. The van der Waals surface area contributed by atoms with E-state index in [0.29, 0.717) is 17.8 Å². The van der Waals surface area contributed by atoms with Crippen LogP contribution < -0.4 is 21.9 Å². The first-order valence-electron chi connectivity index (χ1n) is 10.9. The molecule has 4 aliphatic rings. The summed E-state index contributed by atoms with van der Waals surface area (Å²) in [5.41, 5.74) is -0.874. The number of amides is 3. The third-order valence-electron chi connectivity index (χ3n) is 7.62. The quantitative estimate of drug-likeness (QED) is 0.749. The Hall–Kier alpha value is -2.91. The maximum atomic E-state index is 12.8. The summed E-state index contributed by atoms with van der Waals surface area (Å²) in [5, 5.41) is 5.58. The van der Waals surface area contributed by atoms with Crippen LogP contribution in [-0.2, 0) is 18.9 Å². The smallest absolute Gasteiger partial charge is 0.332 e. The van der Waals surface area contributed by atoms with E-state index >= 15 is 0 Å². The van der Waals surface area contributed by atoms with Gasteiger partial charge in [0.15, 0.2) is 11.2 Å². The number of nitrogens with zero attached hydrogens (tertiary/aromatic N) is 4. The number of imide groups is 1. The number of rotatable bonds is 3. The molecule has 166 valence electrons. The Labute approximate surface area is 178 Å². The average molecular weight is 428 g/mol. The van der Waals surface area contributed by atoms with Crippen LogP contribution in [0.4, 0.5) is 4.79 Å². The number of carbonyl (C=O) groups is 2. The molecule has 10 nitrogen and oxygen atoms in total. The molecule has 4 bridgehead atoms. The average Bonchev–Trinajstić information content (AvgIpc) is 3.13. The highest BCUT2D eigenvalue weighted by Gasteiger charge is 2.51. The third-order valence-corrected chi connectivity index (χ3v) is 7.62. The van der Waals surface area contributed by atoms with E-state index in [1.165, 1.54) is 48.8 Å². The first-order chi connectivity index (χ1) is 14.7. The van der Waals surface area contributed by atoms with Gasteiger partial charge in [-0.1, -0.05) is 0 Å². The highest BCUT2D eigenvalue weighted by molar-refractivity contribution is 5.96. The molecule has 0 saturated heterocycles. The van der Waals surface area contributed by atoms with E-state index in [2.05, 4.69) is 15.6 Å². The number of imidazole rings is 1. The minimum atomic E-state index is -0.850. The molecule has 2 aromatic heterocycles. The van der Waals surface area contributed by atoms with E-state index in [-0.39, 0.29) is 16.7 Å². The van der Waals surface area contributed by atoms with Gasteiger partial charge in [-0.2, -0.15) is 0 Å². The van der Waals surface area contributed by atoms with Gasteiger partial charge in [0.2, 0.25) is 0 Å². The lowest BCUT2D eigenvalue weighted by Crippen LogP contribution is -2.62. The van der Waals surface area contributed by atoms with Crippen LogP contribution in [0.1, 0.15) is 51.5 Å². The summed E-state index contributed by atoms with van der Waals surface area (Å²) in [7, 11) is 2.90. The Morgan fingerprint density at radius 2 is 1.65 bits per heavy atom. The molecule has 0 spiro atoms. The largest absolute Gasteiger partial charge is 0.332 e. The molecule has 4 aliphatic carbocycles. The molecule has 2 aromatic rings. The van der Waals surface area contributed by atoms with Gasteiger partial charge >= 0.3 is 11.7 Å². The SMILES string of the molecule is C[C@H](C(=O)NC(=O)NC12CC3CC(CC(C3)C1)C2)n1cnc2c1c(=O)n(C)c(=O)n2C. The number of aryl methyl sites for hydroxylation is 1. The van der Waals surface area contributed by atoms with Crippen molar-refractivity contribution < 1.29 is 9.59 Å². The lowest BCUT2D eigenvalue weighted by molar-refractivity contribution is -0.122. The van der Waals surface area contributed by atoms with Crippen molar-refractivity contribution in [1.82, 2.24) is 29.3 Å². The van der Waals surface area contributed by atoms with E-state index in [9.17, 15) is 19.2 Å². The number of urea groups is 1. The summed E-state index contributed by atoms with van der Waals surface area (Å²) < 4.78 is 3.65. The summed E-state index contributed by atoms with van der Waals surface area (Å²) in [4.78, 5) is 54.4. The maximum Gasteiger partial charge on any atom is 0.332 e. The van der Waals surface area contributed by atoms with Crippen molar-refractivity contribution in [3.63, 3.8) is 0 Å². The van der Waals surface area contributed by atoms with E-state index in [0.717, 1.165) is 23.8 Å². The normalized spacial score (nSPS) is 29.8. The predicted molar refractivity (Wildman–Crippen MR) is 113 cm³/mol. The molecule has 31 heavy (non-hydrogen) atoms. The van der Waals surface area contributed by atoms with Crippen molar-refractivity contribution in [1.29, 1.82) is 0 Å². The molecule has 6 rings (SSSR count). The summed E-state index contributed by atoms with van der Waals surface area (Å²) in [6, 6.07) is -1.33. The summed E-state index contributed by atoms with van der Waals surface area (Å²) in [6.07, 6.45) is 8.13. The molecule has 3 amide bonds. The Kier molecular flexibility index (Phi) is 4.39. The summed E-state index contributed by atoms with van der Waals surface area (Å²) >= 11 is 0. The van der Waals surface area contributed by atoms with Gasteiger partial charge in [-0.05, 0) is 63.2 Å². The van der Waals surface area contributed by atoms with E-state index in [1.54, 1.807) is 6.92 Å². The summed E-state index contributed by atoms with van der Waals surface area (Å²) in [6.45, 7) is 1.60. The van der Waals surface area contributed by atoms with Crippen molar-refractivity contribution >= 4 is 23.1 Å². The van der Waals surface area contributed by atoms with Gasteiger partial charge in [0.25, 0.3) is 11.5 Å². The zero-order chi connectivity index (χ0) is 22.1. The third kappa shape index (κ3) is 3.11. The molecule has 0 radical (unpaired) electrons. The second-order valence-electron chi connectivity index (χ2n) is 9.85. The zero-order valence-corrected chi connectivity index (χ0v) is 18.1. The van der Waals surface area contributed by atoms with Crippen molar-refractivity contribution in [3.05, 3.63) is 27.2 Å².